The van der Waals surface area contributed by atoms with E-state index in [2.05, 4.69) is 6.92 Å². The van der Waals surface area contributed by atoms with Crippen LogP contribution >= 0.6 is 11.8 Å². The molecule has 0 radical (unpaired) electrons. The monoisotopic (exact) mass is 410 g/mol. The molecule has 1 heterocycles. The van der Waals surface area contributed by atoms with E-state index >= 15 is 0 Å². The molecule has 6 rings (SSSR count). The number of carbonyl (C=O) groups excluding carboxylic acids is 1. The Morgan fingerprint density at radius 3 is 2.45 bits per heavy atom. The van der Waals surface area contributed by atoms with Gasteiger partial charge in [0.2, 0.25) is 0 Å². The molecule has 5 heteroatoms. The molecule has 4 fully saturated rings. The lowest BCUT2D eigenvalue weighted by Gasteiger charge is -2.56. The fraction of sp³-hybridized carbons (Fsp3) is 0.625. The SMILES string of the molecule is CCCCn1c(SCC(=O)C23CC4CC(CC(C4)C2)C3)nc2ccccc2c1=O. The third-order valence-electron chi connectivity index (χ3n) is 7.52. The summed E-state index contributed by atoms with van der Waals surface area (Å²) in [6.07, 6.45) is 9.32. The first-order chi connectivity index (χ1) is 14.1. The summed E-state index contributed by atoms with van der Waals surface area (Å²) in [5.74, 6) is 3.18. The number of thioether (sulfide) groups is 1. The van der Waals surface area contributed by atoms with Gasteiger partial charge in [0.05, 0.1) is 16.7 Å². The Balaban J connectivity index is 1.40. The lowest BCUT2D eigenvalue weighted by molar-refractivity contribution is -0.141. The first-order valence-electron chi connectivity index (χ1n) is 11.2. The van der Waals surface area contributed by atoms with E-state index in [4.69, 9.17) is 4.98 Å². The maximum atomic E-state index is 13.4. The molecule has 154 valence electrons. The Labute approximate surface area is 176 Å². The van der Waals surface area contributed by atoms with Crippen LogP contribution < -0.4 is 5.56 Å². The van der Waals surface area contributed by atoms with Gasteiger partial charge in [-0.1, -0.05) is 37.2 Å². The van der Waals surface area contributed by atoms with Crippen LogP contribution in [0.15, 0.2) is 34.2 Å². The third kappa shape index (κ3) is 3.45. The van der Waals surface area contributed by atoms with Gasteiger partial charge in [0.25, 0.3) is 5.56 Å². The van der Waals surface area contributed by atoms with E-state index in [0.29, 0.717) is 28.6 Å². The van der Waals surface area contributed by atoms with Crippen LogP contribution in [0.1, 0.15) is 58.3 Å². The molecule has 4 bridgehead atoms. The van der Waals surface area contributed by atoms with Crippen molar-refractivity contribution >= 4 is 28.4 Å². The number of unbranched alkanes of at least 4 members (excludes halogenated alkanes) is 1. The van der Waals surface area contributed by atoms with Gasteiger partial charge in [0.15, 0.2) is 5.16 Å². The number of benzene rings is 1. The van der Waals surface area contributed by atoms with Crippen molar-refractivity contribution in [2.45, 2.75) is 70.0 Å². The number of fused-ring (bicyclic) bond motifs is 1. The van der Waals surface area contributed by atoms with Crippen molar-refractivity contribution in [2.24, 2.45) is 23.2 Å². The highest BCUT2D eigenvalue weighted by molar-refractivity contribution is 7.99. The Morgan fingerprint density at radius 2 is 1.79 bits per heavy atom. The average molecular weight is 411 g/mol. The highest BCUT2D eigenvalue weighted by Gasteiger charge is 2.54. The van der Waals surface area contributed by atoms with Crippen molar-refractivity contribution < 1.29 is 4.79 Å². The van der Waals surface area contributed by atoms with E-state index in [9.17, 15) is 9.59 Å². The second-order valence-corrected chi connectivity index (χ2v) is 10.6. The molecule has 0 amide bonds. The molecule has 0 spiro atoms. The molecule has 4 saturated carbocycles. The topological polar surface area (TPSA) is 52.0 Å². The highest BCUT2D eigenvalue weighted by Crippen LogP contribution is 2.60. The van der Waals surface area contributed by atoms with E-state index < -0.39 is 0 Å². The maximum Gasteiger partial charge on any atom is 0.262 e. The Morgan fingerprint density at radius 1 is 1.14 bits per heavy atom. The van der Waals surface area contributed by atoms with Gasteiger partial charge >= 0.3 is 0 Å². The van der Waals surface area contributed by atoms with E-state index in [0.717, 1.165) is 55.4 Å². The molecule has 1 aromatic carbocycles. The van der Waals surface area contributed by atoms with Crippen molar-refractivity contribution in [3.8, 4) is 0 Å². The van der Waals surface area contributed by atoms with Crippen molar-refractivity contribution in [1.82, 2.24) is 9.55 Å². The zero-order chi connectivity index (χ0) is 20.0. The minimum atomic E-state index is -0.0762. The molecular weight excluding hydrogens is 380 g/mol. The fourth-order valence-electron chi connectivity index (χ4n) is 6.51. The summed E-state index contributed by atoms with van der Waals surface area (Å²) in [5, 5.41) is 1.38. The summed E-state index contributed by atoms with van der Waals surface area (Å²) in [6, 6.07) is 7.55. The normalized spacial score (nSPS) is 30.2. The molecule has 0 aliphatic heterocycles. The van der Waals surface area contributed by atoms with E-state index in [1.165, 1.54) is 31.0 Å². The number of Topliss-reactive ketones (excluding diaryl/α,β-unsaturated/α-hetero) is 1. The number of nitrogens with zero attached hydrogens (tertiary/aromatic N) is 2. The maximum absolute atomic E-state index is 13.4. The van der Waals surface area contributed by atoms with Crippen LogP contribution in [0.4, 0.5) is 0 Å². The van der Waals surface area contributed by atoms with Gasteiger partial charge in [-0.05, 0) is 74.8 Å². The van der Waals surface area contributed by atoms with Gasteiger partial charge in [-0.2, -0.15) is 0 Å². The Bertz CT molecular complexity index is 961. The smallest absolute Gasteiger partial charge is 0.262 e. The van der Waals surface area contributed by atoms with Gasteiger partial charge in [0, 0.05) is 12.0 Å². The second-order valence-electron chi connectivity index (χ2n) is 9.63. The van der Waals surface area contributed by atoms with Crippen LogP contribution in [0.3, 0.4) is 0 Å². The molecule has 4 nitrogen and oxygen atoms in total. The summed E-state index contributed by atoms with van der Waals surface area (Å²) in [4.78, 5) is 31.2. The largest absolute Gasteiger partial charge is 0.298 e. The molecule has 29 heavy (non-hydrogen) atoms. The molecule has 0 N–H and O–H groups in total. The lowest BCUT2D eigenvalue weighted by atomic mass is 9.48. The molecule has 4 aliphatic carbocycles. The van der Waals surface area contributed by atoms with Gasteiger partial charge in [0.1, 0.15) is 5.78 Å². The molecule has 0 unspecified atom stereocenters. The predicted molar refractivity (Wildman–Crippen MR) is 117 cm³/mol. The standard InChI is InChI=1S/C24H30N2O2S/c1-2-3-8-26-22(28)19-6-4-5-7-20(19)25-23(26)29-15-21(27)24-12-16-9-17(13-24)11-18(10-16)14-24/h4-7,16-18H,2-3,8-15H2,1H3. The second kappa shape index (κ2) is 7.57. The van der Waals surface area contributed by atoms with Crippen LogP contribution in [-0.4, -0.2) is 21.1 Å². The molecule has 2 aromatic rings. The predicted octanol–water partition coefficient (Wildman–Crippen LogP) is 5.07. The number of rotatable bonds is 7. The van der Waals surface area contributed by atoms with Gasteiger partial charge < -0.3 is 0 Å². The molecular formula is C24H30N2O2S. The molecule has 0 saturated heterocycles. The number of carbonyl (C=O) groups is 1. The van der Waals surface area contributed by atoms with Crippen LogP contribution in [-0.2, 0) is 11.3 Å². The van der Waals surface area contributed by atoms with Crippen LogP contribution in [0.25, 0.3) is 10.9 Å². The first-order valence-corrected chi connectivity index (χ1v) is 12.2. The van der Waals surface area contributed by atoms with Crippen molar-refractivity contribution in [3.05, 3.63) is 34.6 Å². The van der Waals surface area contributed by atoms with Crippen LogP contribution in [0.5, 0.6) is 0 Å². The summed E-state index contributed by atoms with van der Waals surface area (Å²) in [6.45, 7) is 2.80. The molecule has 1 aromatic heterocycles. The van der Waals surface area contributed by atoms with E-state index in [1.54, 1.807) is 4.57 Å². The van der Waals surface area contributed by atoms with E-state index in [1.807, 2.05) is 24.3 Å². The van der Waals surface area contributed by atoms with Gasteiger partial charge in [-0.15, -0.1) is 0 Å². The van der Waals surface area contributed by atoms with Gasteiger partial charge in [-0.3, -0.25) is 14.2 Å². The minimum Gasteiger partial charge on any atom is -0.298 e. The first kappa shape index (κ1) is 19.3. The molecule has 0 atom stereocenters. The number of para-hydroxylation sites is 1. The summed E-state index contributed by atoms with van der Waals surface area (Å²) in [7, 11) is 0. The lowest BCUT2D eigenvalue weighted by Crippen LogP contribution is -2.50. The summed E-state index contributed by atoms with van der Waals surface area (Å²) in [5.41, 5.74) is 0.677. The minimum absolute atomic E-state index is 0.0220. The van der Waals surface area contributed by atoms with Crippen molar-refractivity contribution in [1.29, 1.82) is 0 Å². The zero-order valence-electron chi connectivity index (χ0n) is 17.2. The zero-order valence-corrected chi connectivity index (χ0v) is 18.0. The third-order valence-corrected chi connectivity index (χ3v) is 8.50. The average Bonchev–Trinajstić information content (AvgIpc) is 2.70. The quantitative estimate of drug-likeness (QED) is 0.472. The van der Waals surface area contributed by atoms with E-state index in [-0.39, 0.29) is 11.0 Å². The van der Waals surface area contributed by atoms with Crippen molar-refractivity contribution in [3.63, 3.8) is 0 Å². The highest BCUT2D eigenvalue weighted by atomic mass is 32.2. The van der Waals surface area contributed by atoms with Crippen LogP contribution in [0.2, 0.25) is 0 Å². The Hall–Kier alpha value is -1.62. The number of hydrogen-bond donors (Lipinski definition) is 0. The van der Waals surface area contributed by atoms with Crippen LogP contribution in [0, 0.1) is 23.2 Å². The van der Waals surface area contributed by atoms with Crippen molar-refractivity contribution in [2.75, 3.05) is 5.75 Å². The summed E-state index contributed by atoms with van der Waals surface area (Å²) < 4.78 is 1.80. The fourth-order valence-corrected chi connectivity index (χ4v) is 7.57. The van der Waals surface area contributed by atoms with Gasteiger partial charge in [-0.25, -0.2) is 4.98 Å². The summed E-state index contributed by atoms with van der Waals surface area (Å²) >= 11 is 1.49. The Kier molecular flexibility index (Phi) is 5.05. The number of hydrogen-bond acceptors (Lipinski definition) is 4. The molecule has 4 aliphatic rings. The number of aromatic nitrogens is 2. The number of ketones is 1.